The number of benzene rings is 2. The Bertz CT molecular complexity index is 909. The third-order valence-corrected chi connectivity index (χ3v) is 5.47. The van der Waals surface area contributed by atoms with Crippen molar-refractivity contribution < 1.29 is 32.5 Å². The standard InChI is InChI=1S/C24H29F3N2O4/c1-16(2)13-24(31)11-12-29(14-21(24)32-19-7-3-17(25)4-8-19)15-22(30)28-18-5-9-20(10-6-18)33-23(26)27/h3-10,16,21,23,31H,11-15H2,1-2H3,(H,28,30)/t21-,24+/m0/s1. The Hall–Kier alpha value is -2.78. The molecule has 2 aromatic rings. The molecular formula is C24H29F3N2O4. The molecule has 180 valence electrons. The predicted octanol–water partition coefficient (Wildman–Crippen LogP) is 4.30. The molecule has 3 rings (SSSR count). The quantitative estimate of drug-likeness (QED) is 0.577. The van der Waals surface area contributed by atoms with E-state index in [1.54, 1.807) is 0 Å². The van der Waals surface area contributed by atoms with Crippen LogP contribution in [0.2, 0.25) is 0 Å². The van der Waals surface area contributed by atoms with Gasteiger partial charge in [-0.25, -0.2) is 4.39 Å². The molecule has 1 aliphatic heterocycles. The van der Waals surface area contributed by atoms with Crippen LogP contribution in [-0.4, -0.2) is 53.9 Å². The molecule has 0 radical (unpaired) electrons. The zero-order valence-corrected chi connectivity index (χ0v) is 18.6. The van der Waals surface area contributed by atoms with Gasteiger partial charge < -0.3 is 19.9 Å². The van der Waals surface area contributed by atoms with E-state index in [9.17, 15) is 23.1 Å². The van der Waals surface area contributed by atoms with Gasteiger partial charge in [-0.3, -0.25) is 9.69 Å². The van der Waals surface area contributed by atoms with Gasteiger partial charge in [-0.1, -0.05) is 13.8 Å². The molecule has 1 fully saturated rings. The molecule has 33 heavy (non-hydrogen) atoms. The summed E-state index contributed by atoms with van der Waals surface area (Å²) in [4.78, 5) is 14.4. The monoisotopic (exact) mass is 466 g/mol. The van der Waals surface area contributed by atoms with Crippen molar-refractivity contribution in [1.82, 2.24) is 4.90 Å². The molecular weight excluding hydrogens is 437 g/mol. The van der Waals surface area contributed by atoms with Crippen LogP contribution in [0.5, 0.6) is 11.5 Å². The molecule has 0 bridgehead atoms. The highest BCUT2D eigenvalue weighted by Gasteiger charge is 2.43. The van der Waals surface area contributed by atoms with E-state index in [0.717, 1.165) is 0 Å². The Balaban J connectivity index is 1.62. The van der Waals surface area contributed by atoms with Gasteiger partial charge in [0, 0.05) is 18.8 Å². The van der Waals surface area contributed by atoms with Crippen LogP contribution in [0, 0.1) is 11.7 Å². The molecule has 2 atom stereocenters. The molecule has 0 aromatic heterocycles. The average Bonchev–Trinajstić information content (AvgIpc) is 2.73. The number of ether oxygens (including phenoxy) is 2. The number of halogens is 3. The van der Waals surface area contributed by atoms with Gasteiger partial charge >= 0.3 is 6.61 Å². The van der Waals surface area contributed by atoms with Gasteiger partial charge in [0.25, 0.3) is 0 Å². The molecule has 9 heteroatoms. The maximum atomic E-state index is 13.3. The number of hydrogen-bond acceptors (Lipinski definition) is 5. The second kappa shape index (κ2) is 10.9. The van der Waals surface area contributed by atoms with Crippen molar-refractivity contribution in [2.75, 3.05) is 25.0 Å². The zero-order valence-electron chi connectivity index (χ0n) is 18.6. The molecule has 6 nitrogen and oxygen atoms in total. The van der Waals surface area contributed by atoms with Gasteiger partial charge in [0.05, 0.1) is 6.54 Å². The zero-order chi connectivity index (χ0) is 24.0. The lowest BCUT2D eigenvalue weighted by molar-refractivity contribution is -0.129. The van der Waals surface area contributed by atoms with E-state index in [-0.39, 0.29) is 29.9 Å². The van der Waals surface area contributed by atoms with Crippen molar-refractivity contribution in [3.8, 4) is 11.5 Å². The number of nitrogens with one attached hydrogen (secondary N) is 1. The van der Waals surface area contributed by atoms with E-state index in [0.29, 0.717) is 37.4 Å². The maximum absolute atomic E-state index is 13.3. The minimum absolute atomic E-state index is 0.00394. The number of rotatable bonds is 9. The topological polar surface area (TPSA) is 71.0 Å². The molecule has 0 saturated carbocycles. The number of amides is 1. The summed E-state index contributed by atoms with van der Waals surface area (Å²) in [5.74, 6) is 0.0225. The number of alkyl halides is 2. The largest absolute Gasteiger partial charge is 0.486 e. The molecule has 1 aliphatic rings. The third kappa shape index (κ3) is 7.36. The lowest BCUT2D eigenvalue weighted by atomic mass is 9.81. The summed E-state index contributed by atoms with van der Waals surface area (Å²) < 4.78 is 48.1. The Morgan fingerprint density at radius 1 is 1.15 bits per heavy atom. The molecule has 2 N–H and O–H groups in total. The second-order valence-electron chi connectivity index (χ2n) is 8.70. The minimum atomic E-state index is -2.91. The van der Waals surface area contributed by atoms with Crippen LogP contribution in [0.3, 0.4) is 0 Å². The van der Waals surface area contributed by atoms with E-state index in [4.69, 9.17) is 4.74 Å². The summed E-state index contributed by atoms with van der Waals surface area (Å²) in [5, 5.41) is 14.0. The van der Waals surface area contributed by atoms with E-state index < -0.39 is 18.3 Å². The number of nitrogens with zero attached hydrogens (tertiary/aromatic N) is 1. The number of hydrogen-bond donors (Lipinski definition) is 2. The third-order valence-electron chi connectivity index (χ3n) is 5.47. The van der Waals surface area contributed by atoms with Crippen LogP contribution < -0.4 is 14.8 Å². The van der Waals surface area contributed by atoms with Crippen molar-refractivity contribution in [2.45, 2.75) is 45.0 Å². The SMILES string of the molecule is CC(C)C[C@]1(O)CCN(CC(=O)Nc2ccc(OC(F)F)cc2)C[C@@H]1Oc1ccc(F)cc1. The molecule has 1 heterocycles. The number of aliphatic hydroxyl groups is 1. The normalized spacial score (nSPS) is 21.3. The Kier molecular flexibility index (Phi) is 8.20. The fourth-order valence-electron chi connectivity index (χ4n) is 4.04. The van der Waals surface area contributed by atoms with Crippen LogP contribution in [0.4, 0.5) is 18.9 Å². The minimum Gasteiger partial charge on any atom is -0.486 e. The van der Waals surface area contributed by atoms with E-state index in [1.807, 2.05) is 18.7 Å². The highest BCUT2D eigenvalue weighted by atomic mass is 19.3. The van der Waals surface area contributed by atoms with E-state index in [1.165, 1.54) is 48.5 Å². The first kappa shape index (κ1) is 24.9. The van der Waals surface area contributed by atoms with Crippen molar-refractivity contribution in [3.63, 3.8) is 0 Å². The smallest absolute Gasteiger partial charge is 0.387 e. The van der Waals surface area contributed by atoms with Crippen LogP contribution in [0.15, 0.2) is 48.5 Å². The van der Waals surface area contributed by atoms with Gasteiger partial charge in [0.15, 0.2) is 0 Å². The van der Waals surface area contributed by atoms with Crippen molar-refractivity contribution in [2.24, 2.45) is 5.92 Å². The van der Waals surface area contributed by atoms with Crippen LogP contribution in [0.1, 0.15) is 26.7 Å². The number of anilines is 1. The first-order valence-corrected chi connectivity index (χ1v) is 10.8. The van der Waals surface area contributed by atoms with E-state index >= 15 is 0 Å². The number of likely N-dealkylation sites (tertiary alicyclic amines) is 1. The summed E-state index contributed by atoms with van der Waals surface area (Å²) in [6.45, 7) is 2.00. The molecule has 0 unspecified atom stereocenters. The number of carbonyl (C=O) groups excluding carboxylic acids is 1. The van der Waals surface area contributed by atoms with Crippen LogP contribution >= 0.6 is 0 Å². The summed E-state index contributed by atoms with van der Waals surface area (Å²) in [6.07, 6.45) is 0.355. The molecule has 0 spiro atoms. The van der Waals surface area contributed by atoms with E-state index in [2.05, 4.69) is 10.1 Å². The van der Waals surface area contributed by atoms with Crippen LogP contribution in [0.25, 0.3) is 0 Å². The lowest BCUT2D eigenvalue weighted by Crippen LogP contribution is -2.59. The van der Waals surface area contributed by atoms with Gasteiger partial charge in [-0.05, 0) is 67.3 Å². The average molecular weight is 467 g/mol. The second-order valence-corrected chi connectivity index (χ2v) is 8.70. The van der Waals surface area contributed by atoms with Gasteiger partial charge in [0.1, 0.15) is 29.0 Å². The summed E-state index contributed by atoms with van der Waals surface area (Å²) in [7, 11) is 0. The predicted molar refractivity (Wildman–Crippen MR) is 118 cm³/mol. The number of piperidine rings is 1. The fourth-order valence-corrected chi connectivity index (χ4v) is 4.04. The van der Waals surface area contributed by atoms with Crippen LogP contribution in [-0.2, 0) is 4.79 Å². The lowest BCUT2D eigenvalue weighted by Gasteiger charge is -2.45. The maximum Gasteiger partial charge on any atom is 0.387 e. The first-order chi connectivity index (χ1) is 15.6. The molecule has 1 saturated heterocycles. The first-order valence-electron chi connectivity index (χ1n) is 10.8. The fraction of sp³-hybridized carbons (Fsp3) is 0.458. The van der Waals surface area contributed by atoms with Crippen molar-refractivity contribution in [3.05, 3.63) is 54.3 Å². The Labute approximate surface area is 191 Å². The molecule has 1 amide bonds. The van der Waals surface area contributed by atoms with Crippen molar-refractivity contribution >= 4 is 11.6 Å². The summed E-state index contributed by atoms with van der Waals surface area (Å²) >= 11 is 0. The molecule has 2 aromatic carbocycles. The number of carbonyl (C=O) groups is 1. The Morgan fingerprint density at radius 3 is 2.39 bits per heavy atom. The van der Waals surface area contributed by atoms with Gasteiger partial charge in [-0.15, -0.1) is 0 Å². The van der Waals surface area contributed by atoms with Gasteiger partial charge in [-0.2, -0.15) is 8.78 Å². The highest BCUT2D eigenvalue weighted by Crippen LogP contribution is 2.32. The highest BCUT2D eigenvalue weighted by molar-refractivity contribution is 5.92. The molecule has 0 aliphatic carbocycles. The Morgan fingerprint density at radius 2 is 1.79 bits per heavy atom. The summed E-state index contributed by atoms with van der Waals surface area (Å²) in [6, 6.07) is 11.3. The van der Waals surface area contributed by atoms with Crippen molar-refractivity contribution in [1.29, 1.82) is 0 Å². The summed E-state index contributed by atoms with van der Waals surface area (Å²) in [5.41, 5.74) is -0.621. The van der Waals surface area contributed by atoms with Gasteiger partial charge in [0.2, 0.25) is 5.91 Å².